The van der Waals surface area contributed by atoms with Crippen LogP contribution in [0.5, 0.6) is 11.5 Å². The Morgan fingerprint density at radius 1 is 1.29 bits per heavy atom. The standard InChI is InChI=1S/C18H18Cl2O4/c1-10-7-14(23)24-18(3,9-10)6-4-5-11(2)15-16(19)12(21)8-13(22)17(15)20/h4-8,21-22H,9H2,1-3H3. The molecule has 0 spiro atoms. The van der Waals surface area contributed by atoms with Gasteiger partial charge in [-0.25, -0.2) is 4.79 Å². The van der Waals surface area contributed by atoms with Crippen LogP contribution in [0.1, 0.15) is 32.8 Å². The first-order valence-corrected chi connectivity index (χ1v) is 8.05. The number of hydrogen-bond acceptors (Lipinski definition) is 4. The normalized spacial score (nSPS) is 21.8. The number of carbonyl (C=O) groups excluding carboxylic acids is 1. The number of hydrogen-bond donors (Lipinski definition) is 2. The Morgan fingerprint density at radius 3 is 2.42 bits per heavy atom. The number of phenols is 2. The second-order valence-corrected chi connectivity index (χ2v) is 6.78. The lowest BCUT2D eigenvalue weighted by molar-refractivity contribution is -0.149. The van der Waals surface area contributed by atoms with E-state index in [1.807, 2.05) is 13.8 Å². The lowest BCUT2D eigenvalue weighted by Crippen LogP contribution is -2.32. The predicted octanol–water partition coefficient (Wildman–Crippen LogP) is 5.02. The molecule has 0 aromatic heterocycles. The van der Waals surface area contributed by atoms with E-state index < -0.39 is 5.60 Å². The lowest BCUT2D eigenvalue weighted by atomic mass is 9.93. The Kier molecular flexibility index (Phi) is 5.31. The second-order valence-electron chi connectivity index (χ2n) is 6.03. The third-order valence-corrected chi connectivity index (χ3v) is 4.44. The van der Waals surface area contributed by atoms with E-state index in [4.69, 9.17) is 27.9 Å². The van der Waals surface area contributed by atoms with E-state index >= 15 is 0 Å². The Labute approximate surface area is 150 Å². The molecule has 128 valence electrons. The number of aromatic hydroxyl groups is 2. The summed E-state index contributed by atoms with van der Waals surface area (Å²) >= 11 is 12.1. The van der Waals surface area contributed by atoms with E-state index in [0.29, 0.717) is 17.6 Å². The number of cyclic esters (lactones) is 1. The van der Waals surface area contributed by atoms with Crippen molar-refractivity contribution in [3.05, 3.63) is 51.6 Å². The molecule has 1 aliphatic rings. The highest BCUT2D eigenvalue weighted by molar-refractivity contribution is 6.39. The first kappa shape index (κ1) is 18.4. The van der Waals surface area contributed by atoms with Crippen LogP contribution in [0, 0.1) is 0 Å². The monoisotopic (exact) mass is 368 g/mol. The molecule has 1 aromatic rings. The Bertz CT molecular complexity index is 751. The molecule has 1 unspecified atom stereocenters. The molecule has 1 heterocycles. The largest absolute Gasteiger partial charge is 0.506 e. The summed E-state index contributed by atoms with van der Waals surface area (Å²) in [5.41, 5.74) is 1.22. The number of halogens is 2. The minimum absolute atomic E-state index is 0.0639. The van der Waals surface area contributed by atoms with Crippen LogP contribution in [0.4, 0.5) is 0 Å². The molecule has 0 saturated carbocycles. The lowest BCUT2D eigenvalue weighted by Gasteiger charge is -2.29. The SMILES string of the molecule is CC1=CC(=O)OC(C)(C=CC=C(C)c2c(Cl)c(O)cc(O)c2Cl)C1. The molecule has 24 heavy (non-hydrogen) atoms. The highest BCUT2D eigenvalue weighted by Gasteiger charge is 2.29. The van der Waals surface area contributed by atoms with Gasteiger partial charge in [0.1, 0.15) is 17.1 Å². The number of rotatable bonds is 3. The number of carbonyl (C=O) groups is 1. The van der Waals surface area contributed by atoms with Gasteiger partial charge in [-0.2, -0.15) is 0 Å². The molecule has 0 amide bonds. The van der Waals surface area contributed by atoms with E-state index in [2.05, 4.69) is 0 Å². The quantitative estimate of drug-likeness (QED) is 0.580. The molecule has 0 bridgehead atoms. The highest BCUT2D eigenvalue weighted by atomic mass is 35.5. The Hall–Kier alpha value is -1.91. The fourth-order valence-electron chi connectivity index (χ4n) is 2.63. The van der Waals surface area contributed by atoms with E-state index in [0.717, 1.165) is 11.6 Å². The summed E-state index contributed by atoms with van der Waals surface area (Å²) < 4.78 is 5.35. The number of ether oxygens (including phenoxy) is 1. The molecular formula is C18H18Cl2O4. The molecule has 1 aliphatic heterocycles. The van der Waals surface area contributed by atoms with Gasteiger partial charge in [0.25, 0.3) is 0 Å². The van der Waals surface area contributed by atoms with Crippen LogP contribution >= 0.6 is 23.2 Å². The van der Waals surface area contributed by atoms with Gasteiger partial charge in [-0.15, -0.1) is 0 Å². The van der Waals surface area contributed by atoms with Gasteiger partial charge < -0.3 is 14.9 Å². The fourth-order valence-corrected chi connectivity index (χ4v) is 3.27. The van der Waals surface area contributed by atoms with Crippen molar-refractivity contribution in [3.8, 4) is 11.5 Å². The molecule has 4 nitrogen and oxygen atoms in total. The summed E-state index contributed by atoms with van der Waals surface area (Å²) in [5.74, 6) is -0.867. The first-order chi connectivity index (χ1) is 11.1. The van der Waals surface area contributed by atoms with Gasteiger partial charge in [0.2, 0.25) is 0 Å². The number of phenolic OH excluding ortho intramolecular Hbond substituents is 2. The molecule has 1 atom stereocenters. The molecule has 6 heteroatoms. The topological polar surface area (TPSA) is 66.8 Å². The molecule has 0 saturated heterocycles. The number of esters is 1. The van der Waals surface area contributed by atoms with Crippen LogP contribution in [0.15, 0.2) is 35.9 Å². The summed E-state index contributed by atoms with van der Waals surface area (Å²) in [6, 6.07) is 1.09. The highest BCUT2D eigenvalue weighted by Crippen LogP contribution is 2.42. The van der Waals surface area contributed by atoms with Gasteiger partial charge in [0, 0.05) is 24.1 Å². The maximum atomic E-state index is 11.5. The van der Waals surface area contributed by atoms with Crippen molar-refractivity contribution in [1.29, 1.82) is 0 Å². The molecule has 2 rings (SSSR count). The van der Waals surface area contributed by atoms with Crippen molar-refractivity contribution in [1.82, 2.24) is 0 Å². The third-order valence-electron chi connectivity index (χ3n) is 3.68. The zero-order chi connectivity index (χ0) is 18.1. The van der Waals surface area contributed by atoms with Gasteiger partial charge in [0.05, 0.1) is 10.0 Å². The molecular weight excluding hydrogens is 351 g/mol. The fraction of sp³-hybridized carbons (Fsp3) is 0.278. The average Bonchev–Trinajstić information content (AvgIpc) is 2.43. The van der Waals surface area contributed by atoms with Crippen LogP contribution in [-0.2, 0) is 9.53 Å². The maximum absolute atomic E-state index is 11.5. The van der Waals surface area contributed by atoms with Gasteiger partial charge in [-0.1, -0.05) is 40.9 Å². The van der Waals surface area contributed by atoms with Crippen molar-refractivity contribution in [2.45, 2.75) is 32.8 Å². The van der Waals surface area contributed by atoms with E-state index in [9.17, 15) is 15.0 Å². The molecule has 0 fully saturated rings. The minimum atomic E-state index is -0.721. The van der Waals surface area contributed by atoms with E-state index in [1.54, 1.807) is 25.2 Å². The van der Waals surface area contributed by atoms with E-state index in [1.165, 1.54) is 6.08 Å². The zero-order valence-corrected chi connectivity index (χ0v) is 15.1. The number of allylic oxidation sites excluding steroid dienone is 3. The van der Waals surface area contributed by atoms with Crippen molar-refractivity contribution >= 4 is 34.7 Å². The molecule has 0 radical (unpaired) electrons. The van der Waals surface area contributed by atoms with Crippen LogP contribution < -0.4 is 0 Å². The Morgan fingerprint density at radius 2 is 1.88 bits per heavy atom. The average molecular weight is 369 g/mol. The van der Waals surface area contributed by atoms with Crippen molar-refractivity contribution in [2.75, 3.05) is 0 Å². The van der Waals surface area contributed by atoms with E-state index in [-0.39, 0.29) is 27.5 Å². The summed E-state index contributed by atoms with van der Waals surface area (Å²) in [4.78, 5) is 11.5. The van der Waals surface area contributed by atoms with Crippen molar-refractivity contribution in [2.24, 2.45) is 0 Å². The van der Waals surface area contributed by atoms with Crippen LogP contribution in [-0.4, -0.2) is 21.8 Å². The zero-order valence-electron chi connectivity index (χ0n) is 13.6. The van der Waals surface area contributed by atoms with Crippen molar-refractivity contribution in [3.63, 3.8) is 0 Å². The third kappa shape index (κ3) is 3.94. The van der Waals surface area contributed by atoms with Gasteiger partial charge in [-0.05, 0) is 32.4 Å². The first-order valence-electron chi connectivity index (χ1n) is 7.29. The summed E-state index contributed by atoms with van der Waals surface area (Å²) in [5, 5.41) is 19.6. The predicted molar refractivity (Wildman–Crippen MR) is 95.5 cm³/mol. The van der Waals surface area contributed by atoms with Crippen LogP contribution in [0.25, 0.3) is 5.57 Å². The van der Waals surface area contributed by atoms with Crippen LogP contribution in [0.3, 0.4) is 0 Å². The smallest absolute Gasteiger partial charge is 0.331 e. The molecule has 0 aliphatic carbocycles. The van der Waals surface area contributed by atoms with Crippen LogP contribution in [0.2, 0.25) is 10.0 Å². The Balaban J connectivity index is 2.30. The summed E-state index contributed by atoms with van der Waals surface area (Å²) in [7, 11) is 0. The molecule has 2 N–H and O–H groups in total. The van der Waals surface area contributed by atoms with Gasteiger partial charge in [-0.3, -0.25) is 0 Å². The summed E-state index contributed by atoms with van der Waals surface area (Å²) in [6.45, 7) is 5.44. The second kappa shape index (κ2) is 6.91. The minimum Gasteiger partial charge on any atom is -0.506 e. The van der Waals surface area contributed by atoms with Gasteiger partial charge in [0.15, 0.2) is 0 Å². The van der Waals surface area contributed by atoms with Gasteiger partial charge >= 0.3 is 5.97 Å². The molecule has 1 aromatic carbocycles. The number of benzene rings is 1. The maximum Gasteiger partial charge on any atom is 0.331 e. The van der Waals surface area contributed by atoms with Crippen molar-refractivity contribution < 1.29 is 19.7 Å². The summed E-state index contributed by atoms with van der Waals surface area (Å²) in [6.07, 6.45) is 7.31.